The summed E-state index contributed by atoms with van der Waals surface area (Å²) >= 11 is 0. The van der Waals surface area contributed by atoms with Crippen LogP contribution in [-0.4, -0.2) is 43.1 Å². The molecule has 0 aromatic carbocycles. The summed E-state index contributed by atoms with van der Waals surface area (Å²) in [7, 11) is 1.37. The molecule has 0 aliphatic heterocycles. The average molecular weight is 481 g/mol. The van der Waals surface area contributed by atoms with E-state index in [-0.39, 0.29) is 38.1 Å². The van der Waals surface area contributed by atoms with E-state index in [0.29, 0.717) is 19.1 Å². The molecule has 0 saturated carbocycles. The van der Waals surface area contributed by atoms with E-state index in [1.54, 1.807) is 27.7 Å². The molecular weight excluding hydrogens is 432 g/mol. The first-order chi connectivity index (χ1) is 15.9. The zero-order chi connectivity index (χ0) is 26.4. The number of methoxy groups -OCH3 is 1. The monoisotopic (exact) mass is 480 g/mol. The van der Waals surface area contributed by atoms with Crippen molar-refractivity contribution in [3.63, 3.8) is 0 Å². The molecule has 0 spiro atoms. The van der Waals surface area contributed by atoms with Gasteiger partial charge in [-0.2, -0.15) is 0 Å². The number of aldehydes is 1. The molecule has 0 N–H and O–H groups in total. The van der Waals surface area contributed by atoms with E-state index in [2.05, 4.69) is 6.92 Å². The van der Waals surface area contributed by atoms with Crippen LogP contribution in [0.4, 0.5) is 0 Å². The van der Waals surface area contributed by atoms with E-state index >= 15 is 0 Å². The number of rotatable bonds is 20. The molecular formula is C28H48O6. The predicted molar refractivity (Wildman–Crippen MR) is 135 cm³/mol. The number of unbranched alkanes of at least 4 members (excludes halogenated alkanes) is 6. The molecule has 0 aromatic rings. The van der Waals surface area contributed by atoms with Gasteiger partial charge < -0.3 is 9.53 Å². The minimum atomic E-state index is -2.21. The fraction of sp³-hybridized carbons (Fsp3) is 0.821. The molecule has 6 nitrogen and oxygen atoms in total. The lowest BCUT2D eigenvalue weighted by Crippen LogP contribution is -2.61. The molecule has 0 heterocycles. The van der Waals surface area contributed by atoms with Crippen LogP contribution in [0, 0.1) is 16.2 Å². The summed E-state index contributed by atoms with van der Waals surface area (Å²) in [6.07, 6.45) is 6.58. The van der Waals surface area contributed by atoms with Crippen LogP contribution in [0.5, 0.6) is 0 Å². The summed E-state index contributed by atoms with van der Waals surface area (Å²) < 4.78 is 5.40. The van der Waals surface area contributed by atoms with Crippen LogP contribution in [0.15, 0.2) is 0 Å². The fourth-order valence-electron chi connectivity index (χ4n) is 4.58. The van der Waals surface area contributed by atoms with Crippen LogP contribution in [0.2, 0.25) is 0 Å². The largest absolute Gasteiger partial charge is 0.384 e. The second-order valence-electron chi connectivity index (χ2n) is 10.5. The van der Waals surface area contributed by atoms with Crippen LogP contribution in [-0.2, 0) is 28.7 Å². The molecule has 0 radical (unpaired) electrons. The Bertz CT molecular complexity index is 690. The number of ether oxygens (including phenoxy) is 1. The van der Waals surface area contributed by atoms with E-state index in [1.807, 2.05) is 6.92 Å². The summed E-state index contributed by atoms with van der Waals surface area (Å²) in [5, 5.41) is 0. The molecule has 2 atom stereocenters. The summed E-state index contributed by atoms with van der Waals surface area (Å²) in [6, 6.07) is 0. The Morgan fingerprint density at radius 1 is 0.706 bits per heavy atom. The Hall–Kier alpha value is -1.69. The molecule has 0 amide bonds. The number of hydrogen-bond donors (Lipinski definition) is 0. The van der Waals surface area contributed by atoms with Crippen LogP contribution < -0.4 is 0 Å². The highest BCUT2D eigenvalue weighted by Crippen LogP contribution is 2.48. The lowest BCUT2D eigenvalue weighted by molar-refractivity contribution is -0.168. The van der Waals surface area contributed by atoms with Gasteiger partial charge in [0.15, 0.2) is 17.0 Å². The molecule has 196 valence electrons. The van der Waals surface area contributed by atoms with Crippen molar-refractivity contribution in [3.05, 3.63) is 0 Å². The maximum absolute atomic E-state index is 13.8. The van der Waals surface area contributed by atoms with Gasteiger partial charge in [-0.25, -0.2) is 0 Å². The third kappa shape index (κ3) is 7.93. The highest BCUT2D eigenvalue weighted by Gasteiger charge is 2.64. The van der Waals surface area contributed by atoms with E-state index < -0.39 is 33.6 Å². The molecule has 0 bridgehead atoms. The summed E-state index contributed by atoms with van der Waals surface area (Å²) in [4.78, 5) is 67.2. The number of Topliss-reactive ketones (excluding diaryl/α,β-unsaturated/α-hetero) is 4. The predicted octanol–water partition coefficient (Wildman–Crippen LogP) is 5.87. The minimum Gasteiger partial charge on any atom is -0.384 e. The Morgan fingerprint density at radius 2 is 1.18 bits per heavy atom. The van der Waals surface area contributed by atoms with Gasteiger partial charge >= 0.3 is 0 Å². The Kier molecular flexibility index (Phi) is 14.6. The van der Waals surface area contributed by atoms with Crippen LogP contribution >= 0.6 is 0 Å². The van der Waals surface area contributed by atoms with Gasteiger partial charge in [0.2, 0.25) is 0 Å². The van der Waals surface area contributed by atoms with Gasteiger partial charge in [-0.1, -0.05) is 80.1 Å². The van der Waals surface area contributed by atoms with Crippen molar-refractivity contribution in [1.82, 2.24) is 0 Å². The highest BCUT2D eigenvalue weighted by atomic mass is 16.5. The molecule has 2 unspecified atom stereocenters. The van der Waals surface area contributed by atoms with E-state index in [4.69, 9.17) is 4.74 Å². The van der Waals surface area contributed by atoms with E-state index in [0.717, 1.165) is 38.5 Å². The lowest BCUT2D eigenvalue weighted by atomic mass is 9.53. The Labute approximate surface area is 207 Å². The number of hydrogen-bond acceptors (Lipinski definition) is 6. The third-order valence-electron chi connectivity index (χ3n) is 6.87. The Morgan fingerprint density at radius 3 is 1.59 bits per heavy atom. The summed E-state index contributed by atoms with van der Waals surface area (Å²) in [5.74, 6) is -1.85. The van der Waals surface area contributed by atoms with E-state index in [9.17, 15) is 24.0 Å². The van der Waals surface area contributed by atoms with Gasteiger partial charge in [0.1, 0.15) is 17.9 Å². The molecule has 0 fully saturated rings. The zero-order valence-corrected chi connectivity index (χ0v) is 22.7. The third-order valence-corrected chi connectivity index (χ3v) is 6.87. The van der Waals surface area contributed by atoms with Gasteiger partial charge in [-0.3, -0.25) is 19.2 Å². The quantitative estimate of drug-likeness (QED) is 0.123. The normalized spacial score (nSPS) is 15.3. The standard InChI is InChI=1S/C28H48O6/c1-8-11-13-14-16-18-24(32)28(20-29,23(31)17-15-12-9-2)27(21-34-7,22(30)10-3)19-25(33)26(4,5)6/h20H,8-19,21H2,1-7H3. The zero-order valence-electron chi connectivity index (χ0n) is 22.7. The van der Waals surface area contributed by atoms with E-state index in [1.165, 1.54) is 7.11 Å². The minimum absolute atomic E-state index is 0.0115. The number of carbonyl (C=O) groups is 5. The first kappa shape index (κ1) is 32.3. The van der Waals surface area contributed by atoms with Crippen molar-refractivity contribution < 1.29 is 28.7 Å². The van der Waals surface area contributed by atoms with Gasteiger partial charge in [0, 0.05) is 38.2 Å². The smallest absolute Gasteiger partial charge is 0.157 e. The second kappa shape index (κ2) is 15.3. The summed E-state index contributed by atoms with van der Waals surface area (Å²) in [5.41, 5.74) is -4.86. The number of ketones is 4. The molecule has 34 heavy (non-hydrogen) atoms. The van der Waals surface area contributed by atoms with Crippen molar-refractivity contribution in [2.75, 3.05) is 13.7 Å². The molecule has 0 rings (SSSR count). The fourth-order valence-corrected chi connectivity index (χ4v) is 4.58. The molecule has 0 aliphatic rings. The van der Waals surface area contributed by atoms with Crippen LogP contribution in [0.3, 0.4) is 0 Å². The van der Waals surface area contributed by atoms with Gasteiger partial charge in [-0.15, -0.1) is 0 Å². The van der Waals surface area contributed by atoms with Gasteiger partial charge in [-0.05, 0) is 12.8 Å². The Balaban J connectivity index is 6.74. The molecule has 0 aliphatic carbocycles. The topological polar surface area (TPSA) is 94.6 Å². The molecule has 0 saturated heterocycles. The highest BCUT2D eigenvalue weighted by molar-refractivity contribution is 6.23. The maximum Gasteiger partial charge on any atom is 0.157 e. The van der Waals surface area contributed by atoms with Gasteiger partial charge in [0.05, 0.1) is 12.0 Å². The first-order valence-corrected chi connectivity index (χ1v) is 13.0. The van der Waals surface area contributed by atoms with Crippen molar-refractivity contribution in [2.24, 2.45) is 16.2 Å². The SMILES string of the molecule is CCCCCCCC(=O)C(C=O)(C(=O)CCCCC)C(COC)(CC(=O)C(C)(C)C)C(=O)CC. The molecule has 6 heteroatoms. The summed E-state index contributed by atoms with van der Waals surface area (Å²) in [6.45, 7) is 10.6. The van der Waals surface area contributed by atoms with Crippen LogP contribution in [0.25, 0.3) is 0 Å². The van der Waals surface area contributed by atoms with Crippen LogP contribution in [0.1, 0.15) is 119 Å². The van der Waals surface area contributed by atoms with Crippen molar-refractivity contribution in [3.8, 4) is 0 Å². The average Bonchev–Trinajstić information content (AvgIpc) is 2.78. The van der Waals surface area contributed by atoms with Crippen molar-refractivity contribution in [2.45, 2.75) is 119 Å². The lowest BCUT2D eigenvalue weighted by Gasteiger charge is -2.44. The maximum atomic E-state index is 13.8. The van der Waals surface area contributed by atoms with Crippen molar-refractivity contribution >= 4 is 29.4 Å². The molecule has 0 aromatic heterocycles. The van der Waals surface area contributed by atoms with Gasteiger partial charge in [0.25, 0.3) is 0 Å². The second-order valence-corrected chi connectivity index (χ2v) is 10.5. The van der Waals surface area contributed by atoms with Crippen molar-refractivity contribution in [1.29, 1.82) is 0 Å². The first-order valence-electron chi connectivity index (χ1n) is 13.0. The number of carbonyl (C=O) groups excluding carboxylic acids is 5.